The summed E-state index contributed by atoms with van der Waals surface area (Å²) in [6.45, 7) is 0.570. The van der Waals surface area contributed by atoms with E-state index in [9.17, 15) is 9.59 Å². The second kappa shape index (κ2) is 9.94. The minimum absolute atomic E-state index is 0.106. The van der Waals surface area contributed by atoms with Gasteiger partial charge in [-0.15, -0.1) is 0 Å². The number of benzene rings is 3. The van der Waals surface area contributed by atoms with Crippen molar-refractivity contribution in [1.29, 1.82) is 0 Å². The first-order chi connectivity index (χ1) is 14.1. The molecular weight excluding hydrogens is 366 g/mol. The van der Waals surface area contributed by atoms with E-state index >= 15 is 0 Å². The Morgan fingerprint density at radius 3 is 2.34 bits per heavy atom. The van der Waals surface area contributed by atoms with Crippen molar-refractivity contribution >= 4 is 23.2 Å². The molecule has 3 N–H and O–H groups in total. The lowest BCUT2D eigenvalue weighted by Gasteiger charge is -2.10. The van der Waals surface area contributed by atoms with Crippen LogP contribution in [-0.2, 0) is 11.4 Å². The van der Waals surface area contributed by atoms with Crippen LogP contribution in [0.3, 0.4) is 0 Å². The van der Waals surface area contributed by atoms with Gasteiger partial charge in [-0.3, -0.25) is 9.59 Å². The molecule has 2 amide bonds. The molecule has 148 valence electrons. The van der Waals surface area contributed by atoms with Gasteiger partial charge in [-0.1, -0.05) is 36.4 Å². The van der Waals surface area contributed by atoms with Crippen molar-refractivity contribution in [3.05, 3.63) is 90.0 Å². The summed E-state index contributed by atoms with van der Waals surface area (Å²) in [5, 5.41) is 8.45. The number of hydrogen-bond donors (Lipinski definition) is 3. The Balaban J connectivity index is 1.49. The number of anilines is 2. The van der Waals surface area contributed by atoms with Crippen molar-refractivity contribution < 1.29 is 14.3 Å². The van der Waals surface area contributed by atoms with E-state index in [0.717, 1.165) is 11.3 Å². The fraction of sp³-hybridized carbons (Fsp3) is 0.130. The van der Waals surface area contributed by atoms with Crippen LogP contribution in [0.4, 0.5) is 11.4 Å². The summed E-state index contributed by atoms with van der Waals surface area (Å²) in [5.74, 6) is 0.355. The Bertz CT molecular complexity index is 957. The quantitative estimate of drug-likeness (QED) is 0.549. The molecule has 0 saturated heterocycles. The Morgan fingerprint density at radius 1 is 0.862 bits per heavy atom. The van der Waals surface area contributed by atoms with E-state index in [2.05, 4.69) is 16.0 Å². The molecule has 0 radical (unpaired) electrons. The van der Waals surface area contributed by atoms with Gasteiger partial charge < -0.3 is 20.7 Å². The van der Waals surface area contributed by atoms with Crippen molar-refractivity contribution in [2.45, 2.75) is 6.61 Å². The molecule has 3 aromatic carbocycles. The van der Waals surface area contributed by atoms with Gasteiger partial charge in [0.1, 0.15) is 12.4 Å². The summed E-state index contributed by atoms with van der Waals surface area (Å²) in [7, 11) is 1.58. The second-order valence-electron chi connectivity index (χ2n) is 6.36. The van der Waals surface area contributed by atoms with Gasteiger partial charge in [0.15, 0.2) is 0 Å². The Labute approximate surface area is 169 Å². The molecule has 6 nitrogen and oxygen atoms in total. The number of nitrogens with one attached hydrogen (secondary N) is 3. The number of amides is 2. The molecule has 0 aliphatic rings. The molecule has 0 aliphatic heterocycles. The Kier molecular flexibility index (Phi) is 6.84. The minimum Gasteiger partial charge on any atom is -0.489 e. The van der Waals surface area contributed by atoms with Gasteiger partial charge in [0, 0.05) is 30.1 Å². The van der Waals surface area contributed by atoms with E-state index < -0.39 is 0 Å². The molecule has 3 rings (SSSR count). The molecule has 0 fully saturated rings. The molecule has 0 unspecified atom stereocenters. The minimum atomic E-state index is -0.180. The van der Waals surface area contributed by atoms with Gasteiger partial charge >= 0.3 is 0 Å². The van der Waals surface area contributed by atoms with Gasteiger partial charge in [-0.25, -0.2) is 0 Å². The summed E-state index contributed by atoms with van der Waals surface area (Å²) >= 11 is 0. The van der Waals surface area contributed by atoms with Crippen molar-refractivity contribution in [2.75, 3.05) is 24.2 Å². The smallest absolute Gasteiger partial charge is 0.251 e. The molecule has 29 heavy (non-hydrogen) atoms. The summed E-state index contributed by atoms with van der Waals surface area (Å²) in [6.07, 6.45) is 0. The second-order valence-corrected chi connectivity index (χ2v) is 6.36. The highest BCUT2D eigenvalue weighted by molar-refractivity contribution is 5.95. The number of ether oxygens (including phenoxy) is 1. The van der Waals surface area contributed by atoms with E-state index in [0.29, 0.717) is 23.6 Å². The van der Waals surface area contributed by atoms with E-state index in [1.54, 1.807) is 37.4 Å². The third-order valence-electron chi connectivity index (χ3n) is 4.19. The largest absolute Gasteiger partial charge is 0.489 e. The Hall–Kier alpha value is -3.80. The molecule has 0 bridgehead atoms. The van der Waals surface area contributed by atoms with Gasteiger partial charge in [-0.05, 0) is 42.0 Å². The van der Waals surface area contributed by atoms with Crippen molar-refractivity contribution in [1.82, 2.24) is 5.32 Å². The highest BCUT2D eigenvalue weighted by Crippen LogP contribution is 2.19. The van der Waals surface area contributed by atoms with E-state index in [1.165, 1.54) is 0 Å². The van der Waals surface area contributed by atoms with E-state index in [4.69, 9.17) is 4.74 Å². The van der Waals surface area contributed by atoms with Crippen LogP contribution < -0.4 is 20.7 Å². The van der Waals surface area contributed by atoms with Crippen LogP contribution in [-0.4, -0.2) is 25.4 Å². The fourth-order valence-electron chi connectivity index (χ4n) is 2.68. The maximum absolute atomic E-state index is 12.2. The molecule has 0 aliphatic carbocycles. The first kappa shape index (κ1) is 19.9. The normalized spacial score (nSPS) is 10.1. The van der Waals surface area contributed by atoms with Crippen LogP contribution in [0.2, 0.25) is 0 Å². The monoisotopic (exact) mass is 389 g/mol. The zero-order chi connectivity index (χ0) is 20.5. The van der Waals surface area contributed by atoms with Gasteiger partial charge in [0.05, 0.1) is 6.54 Å². The lowest BCUT2D eigenvalue weighted by Crippen LogP contribution is -2.22. The SMILES string of the molecule is CNC(=O)c1ccc(NCC(=O)Nc2cccc(OCc3ccccc3)c2)cc1. The predicted molar refractivity (Wildman–Crippen MR) is 114 cm³/mol. The van der Waals surface area contributed by atoms with Gasteiger partial charge in [0.25, 0.3) is 5.91 Å². The lowest BCUT2D eigenvalue weighted by molar-refractivity contribution is -0.114. The van der Waals surface area contributed by atoms with Crippen LogP contribution in [0.5, 0.6) is 5.75 Å². The zero-order valence-electron chi connectivity index (χ0n) is 16.1. The van der Waals surface area contributed by atoms with Crippen LogP contribution in [0.1, 0.15) is 15.9 Å². The number of carbonyl (C=O) groups is 2. The highest BCUT2D eigenvalue weighted by Gasteiger charge is 2.06. The topological polar surface area (TPSA) is 79.5 Å². The van der Waals surface area contributed by atoms with Crippen LogP contribution >= 0.6 is 0 Å². The molecule has 0 atom stereocenters. The summed E-state index contributed by atoms with van der Waals surface area (Å²) in [4.78, 5) is 23.8. The zero-order valence-corrected chi connectivity index (χ0v) is 16.1. The average molecular weight is 389 g/mol. The van der Waals surface area contributed by atoms with E-state index in [1.807, 2.05) is 48.5 Å². The van der Waals surface area contributed by atoms with Crippen molar-refractivity contribution in [3.63, 3.8) is 0 Å². The van der Waals surface area contributed by atoms with Crippen LogP contribution in [0, 0.1) is 0 Å². The molecule has 0 saturated carbocycles. The third kappa shape index (κ3) is 6.10. The summed E-state index contributed by atoms with van der Waals surface area (Å²) in [5.41, 5.74) is 3.06. The molecule has 0 spiro atoms. The van der Waals surface area contributed by atoms with Crippen LogP contribution in [0.15, 0.2) is 78.9 Å². The molecule has 6 heteroatoms. The third-order valence-corrected chi connectivity index (χ3v) is 4.19. The summed E-state index contributed by atoms with van der Waals surface area (Å²) in [6, 6.07) is 24.1. The first-order valence-electron chi connectivity index (χ1n) is 9.27. The predicted octanol–water partition coefficient (Wildman–Crippen LogP) is 3.68. The first-order valence-corrected chi connectivity index (χ1v) is 9.27. The van der Waals surface area contributed by atoms with Crippen LogP contribution in [0.25, 0.3) is 0 Å². The molecule has 0 heterocycles. The lowest BCUT2D eigenvalue weighted by atomic mass is 10.2. The van der Waals surface area contributed by atoms with Crippen molar-refractivity contribution in [2.24, 2.45) is 0 Å². The highest BCUT2D eigenvalue weighted by atomic mass is 16.5. The maximum Gasteiger partial charge on any atom is 0.251 e. The van der Waals surface area contributed by atoms with Crippen molar-refractivity contribution in [3.8, 4) is 5.75 Å². The number of rotatable bonds is 8. The summed E-state index contributed by atoms with van der Waals surface area (Å²) < 4.78 is 5.78. The molecule has 3 aromatic rings. The molecular formula is C23H23N3O3. The number of hydrogen-bond acceptors (Lipinski definition) is 4. The fourth-order valence-corrected chi connectivity index (χ4v) is 2.68. The Morgan fingerprint density at radius 2 is 1.62 bits per heavy atom. The standard InChI is InChI=1S/C23H23N3O3/c1-24-23(28)18-10-12-19(13-11-18)25-15-22(27)26-20-8-5-9-21(14-20)29-16-17-6-3-2-4-7-17/h2-14,25H,15-16H2,1H3,(H,24,28)(H,26,27). The van der Waals surface area contributed by atoms with Gasteiger partial charge in [-0.2, -0.15) is 0 Å². The molecule has 0 aromatic heterocycles. The van der Waals surface area contributed by atoms with Gasteiger partial charge in [0.2, 0.25) is 5.91 Å². The number of carbonyl (C=O) groups excluding carboxylic acids is 2. The van der Waals surface area contributed by atoms with E-state index in [-0.39, 0.29) is 18.4 Å². The average Bonchev–Trinajstić information content (AvgIpc) is 2.77. The maximum atomic E-state index is 12.2.